The van der Waals surface area contributed by atoms with E-state index < -0.39 is 0 Å². The minimum atomic E-state index is 0.112. The summed E-state index contributed by atoms with van der Waals surface area (Å²) in [6, 6.07) is 5.76. The standard InChI is InChI=1S/C11H14O2/c1-8-6-10(7-13-3)4-5-11(8)9(2)12/h4-6H,7H2,1-3H3. The van der Waals surface area contributed by atoms with Crippen LogP contribution in [-0.2, 0) is 11.3 Å². The average molecular weight is 178 g/mol. The summed E-state index contributed by atoms with van der Waals surface area (Å²) >= 11 is 0. The van der Waals surface area contributed by atoms with E-state index in [2.05, 4.69) is 0 Å². The molecule has 0 aliphatic carbocycles. The van der Waals surface area contributed by atoms with E-state index >= 15 is 0 Å². The van der Waals surface area contributed by atoms with Gasteiger partial charge in [-0.1, -0.05) is 18.2 Å². The van der Waals surface area contributed by atoms with Crippen LogP contribution in [0, 0.1) is 6.92 Å². The van der Waals surface area contributed by atoms with Gasteiger partial charge in [0, 0.05) is 12.7 Å². The van der Waals surface area contributed by atoms with E-state index in [1.807, 2.05) is 25.1 Å². The van der Waals surface area contributed by atoms with Gasteiger partial charge in [-0.2, -0.15) is 0 Å². The molecule has 0 fully saturated rings. The molecule has 0 unspecified atom stereocenters. The first kappa shape index (κ1) is 9.93. The molecule has 70 valence electrons. The molecule has 0 aromatic heterocycles. The molecule has 0 saturated heterocycles. The fourth-order valence-corrected chi connectivity index (χ4v) is 1.38. The average Bonchev–Trinajstić information content (AvgIpc) is 2.04. The van der Waals surface area contributed by atoms with Crippen molar-refractivity contribution in [1.29, 1.82) is 0 Å². The fraction of sp³-hybridized carbons (Fsp3) is 0.364. The predicted molar refractivity (Wildman–Crippen MR) is 51.9 cm³/mol. The van der Waals surface area contributed by atoms with E-state index in [9.17, 15) is 4.79 Å². The third kappa shape index (κ3) is 2.39. The number of benzene rings is 1. The molecule has 1 rings (SSSR count). The summed E-state index contributed by atoms with van der Waals surface area (Å²) in [5.74, 6) is 0.112. The summed E-state index contributed by atoms with van der Waals surface area (Å²) in [5, 5.41) is 0. The lowest BCUT2D eigenvalue weighted by Gasteiger charge is -2.04. The van der Waals surface area contributed by atoms with Crippen molar-refractivity contribution < 1.29 is 9.53 Å². The van der Waals surface area contributed by atoms with Crippen LogP contribution < -0.4 is 0 Å². The van der Waals surface area contributed by atoms with E-state index in [4.69, 9.17) is 4.74 Å². The SMILES string of the molecule is COCc1ccc(C(C)=O)c(C)c1. The Balaban J connectivity index is 2.98. The van der Waals surface area contributed by atoms with Gasteiger partial charge in [0.2, 0.25) is 0 Å². The van der Waals surface area contributed by atoms with E-state index in [0.717, 1.165) is 16.7 Å². The number of methoxy groups -OCH3 is 1. The van der Waals surface area contributed by atoms with E-state index in [1.165, 1.54) is 0 Å². The Bertz CT molecular complexity index is 316. The van der Waals surface area contributed by atoms with Crippen molar-refractivity contribution in [3.05, 3.63) is 34.9 Å². The molecule has 0 bridgehead atoms. The third-order valence-corrected chi connectivity index (χ3v) is 1.98. The molecule has 0 N–H and O–H groups in total. The molecule has 2 heteroatoms. The number of Topliss-reactive ketones (excluding diaryl/α,β-unsaturated/α-hetero) is 1. The van der Waals surface area contributed by atoms with E-state index in [0.29, 0.717) is 6.61 Å². The first-order valence-electron chi connectivity index (χ1n) is 4.24. The maximum absolute atomic E-state index is 11.1. The van der Waals surface area contributed by atoms with Crippen molar-refractivity contribution in [2.75, 3.05) is 7.11 Å². The summed E-state index contributed by atoms with van der Waals surface area (Å²) in [5.41, 5.74) is 2.91. The van der Waals surface area contributed by atoms with Crippen molar-refractivity contribution in [1.82, 2.24) is 0 Å². The first-order chi connectivity index (χ1) is 6.15. The number of rotatable bonds is 3. The fourth-order valence-electron chi connectivity index (χ4n) is 1.38. The van der Waals surface area contributed by atoms with Crippen LogP contribution in [0.3, 0.4) is 0 Å². The van der Waals surface area contributed by atoms with Gasteiger partial charge in [0.15, 0.2) is 5.78 Å². The minimum absolute atomic E-state index is 0.112. The van der Waals surface area contributed by atoms with Crippen LogP contribution in [0.2, 0.25) is 0 Å². The first-order valence-corrected chi connectivity index (χ1v) is 4.24. The van der Waals surface area contributed by atoms with Crippen LogP contribution in [0.25, 0.3) is 0 Å². The van der Waals surface area contributed by atoms with E-state index in [1.54, 1.807) is 14.0 Å². The summed E-state index contributed by atoms with van der Waals surface area (Å²) < 4.78 is 5.00. The summed E-state index contributed by atoms with van der Waals surface area (Å²) in [6.45, 7) is 4.12. The van der Waals surface area contributed by atoms with E-state index in [-0.39, 0.29) is 5.78 Å². The van der Waals surface area contributed by atoms with Gasteiger partial charge < -0.3 is 4.74 Å². The highest BCUT2D eigenvalue weighted by Crippen LogP contribution is 2.12. The Labute approximate surface area is 78.5 Å². The normalized spacial score (nSPS) is 10.1. The van der Waals surface area contributed by atoms with Gasteiger partial charge in [0.25, 0.3) is 0 Å². The molecule has 1 aromatic rings. The quantitative estimate of drug-likeness (QED) is 0.664. The van der Waals surface area contributed by atoms with Gasteiger partial charge in [-0.15, -0.1) is 0 Å². The molecule has 0 radical (unpaired) electrons. The molecule has 0 aliphatic heterocycles. The zero-order valence-corrected chi connectivity index (χ0v) is 8.26. The number of hydrogen-bond donors (Lipinski definition) is 0. The number of carbonyl (C=O) groups is 1. The summed E-state index contributed by atoms with van der Waals surface area (Å²) in [4.78, 5) is 11.1. The maximum Gasteiger partial charge on any atom is 0.160 e. The van der Waals surface area contributed by atoms with Crippen molar-refractivity contribution in [2.24, 2.45) is 0 Å². The smallest absolute Gasteiger partial charge is 0.160 e. The molecular formula is C11H14O2. The van der Waals surface area contributed by atoms with Gasteiger partial charge in [-0.25, -0.2) is 0 Å². The maximum atomic E-state index is 11.1. The molecule has 2 nitrogen and oxygen atoms in total. The molecule has 0 atom stereocenters. The minimum Gasteiger partial charge on any atom is -0.380 e. The monoisotopic (exact) mass is 178 g/mol. The number of hydrogen-bond acceptors (Lipinski definition) is 2. The van der Waals surface area contributed by atoms with Crippen LogP contribution >= 0.6 is 0 Å². The lowest BCUT2D eigenvalue weighted by molar-refractivity contribution is 0.101. The highest BCUT2D eigenvalue weighted by Gasteiger charge is 2.03. The van der Waals surface area contributed by atoms with Gasteiger partial charge in [0.05, 0.1) is 6.61 Å². The molecule has 0 heterocycles. The molecule has 0 saturated carbocycles. The second kappa shape index (κ2) is 4.19. The second-order valence-corrected chi connectivity index (χ2v) is 3.14. The highest BCUT2D eigenvalue weighted by atomic mass is 16.5. The Kier molecular flexibility index (Phi) is 3.20. The number of aryl methyl sites for hydroxylation is 1. The van der Waals surface area contributed by atoms with Gasteiger partial charge >= 0.3 is 0 Å². The zero-order chi connectivity index (χ0) is 9.84. The van der Waals surface area contributed by atoms with Gasteiger partial charge in [-0.05, 0) is 25.0 Å². The number of ketones is 1. The number of ether oxygens (including phenoxy) is 1. The zero-order valence-electron chi connectivity index (χ0n) is 8.26. The molecule has 13 heavy (non-hydrogen) atoms. The molecule has 0 spiro atoms. The Hall–Kier alpha value is -1.15. The largest absolute Gasteiger partial charge is 0.380 e. The highest BCUT2D eigenvalue weighted by molar-refractivity contribution is 5.95. The van der Waals surface area contributed by atoms with Crippen LogP contribution in [0.1, 0.15) is 28.4 Å². The van der Waals surface area contributed by atoms with Crippen molar-refractivity contribution in [2.45, 2.75) is 20.5 Å². The van der Waals surface area contributed by atoms with Gasteiger partial charge in [-0.3, -0.25) is 4.79 Å². The second-order valence-electron chi connectivity index (χ2n) is 3.14. The summed E-state index contributed by atoms with van der Waals surface area (Å²) in [7, 11) is 1.66. The molecule has 1 aromatic carbocycles. The van der Waals surface area contributed by atoms with Crippen LogP contribution in [0.15, 0.2) is 18.2 Å². The Morgan fingerprint density at radius 1 is 1.46 bits per heavy atom. The Morgan fingerprint density at radius 2 is 2.15 bits per heavy atom. The lowest BCUT2D eigenvalue weighted by atomic mass is 10.0. The molecule has 0 amide bonds. The number of carbonyl (C=O) groups excluding carboxylic acids is 1. The van der Waals surface area contributed by atoms with Crippen molar-refractivity contribution in [3.8, 4) is 0 Å². The third-order valence-electron chi connectivity index (χ3n) is 1.98. The predicted octanol–water partition coefficient (Wildman–Crippen LogP) is 2.34. The molecule has 0 aliphatic rings. The summed E-state index contributed by atoms with van der Waals surface area (Å²) in [6.07, 6.45) is 0. The topological polar surface area (TPSA) is 26.3 Å². The Morgan fingerprint density at radius 3 is 2.62 bits per heavy atom. The van der Waals surface area contributed by atoms with Crippen molar-refractivity contribution >= 4 is 5.78 Å². The van der Waals surface area contributed by atoms with Crippen LogP contribution in [0.5, 0.6) is 0 Å². The van der Waals surface area contributed by atoms with Crippen LogP contribution in [-0.4, -0.2) is 12.9 Å². The van der Waals surface area contributed by atoms with Crippen LogP contribution in [0.4, 0.5) is 0 Å². The lowest BCUT2D eigenvalue weighted by Crippen LogP contribution is -1.97. The van der Waals surface area contributed by atoms with Gasteiger partial charge in [0.1, 0.15) is 0 Å². The van der Waals surface area contributed by atoms with Crippen molar-refractivity contribution in [3.63, 3.8) is 0 Å². The molecular weight excluding hydrogens is 164 g/mol.